The zero-order valence-corrected chi connectivity index (χ0v) is 21.8. The minimum absolute atomic E-state index is 0.134. The van der Waals surface area contributed by atoms with Crippen molar-refractivity contribution in [2.45, 2.75) is 38.3 Å². The number of nitrogens with zero attached hydrogens (tertiary/aromatic N) is 2. The van der Waals surface area contributed by atoms with Gasteiger partial charge in [-0.05, 0) is 76.2 Å². The van der Waals surface area contributed by atoms with Crippen molar-refractivity contribution in [2.75, 3.05) is 53.4 Å². The number of hydrogen-bond acceptors (Lipinski definition) is 6. The Balaban J connectivity index is 1.85. The Morgan fingerprint density at radius 2 is 1.74 bits per heavy atom. The molecule has 0 aromatic heterocycles. The summed E-state index contributed by atoms with van der Waals surface area (Å²) >= 11 is 0. The van der Waals surface area contributed by atoms with Gasteiger partial charge in [0.1, 0.15) is 0 Å². The zero-order valence-electron chi connectivity index (χ0n) is 21.8. The fourth-order valence-electron chi connectivity index (χ4n) is 4.61. The highest BCUT2D eigenvalue weighted by molar-refractivity contribution is 6.12. The van der Waals surface area contributed by atoms with Crippen molar-refractivity contribution in [1.82, 2.24) is 15.5 Å². The number of benzene rings is 2. The molecule has 1 aliphatic heterocycles. The first-order valence-corrected chi connectivity index (χ1v) is 12.1. The average molecular weight is 482 g/mol. The Hall–Kier alpha value is -3.26. The Morgan fingerprint density at radius 1 is 1.14 bits per heavy atom. The van der Waals surface area contributed by atoms with Crippen LogP contribution in [0.1, 0.15) is 36.5 Å². The van der Waals surface area contributed by atoms with Crippen LogP contribution in [0.5, 0.6) is 11.5 Å². The summed E-state index contributed by atoms with van der Waals surface area (Å²) in [4.78, 5) is 16.5. The zero-order chi connectivity index (χ0) is 25.5. The van der Waals surface area contributed by atoms with E-state index in [2.05, 4.69) is 46.7 Å². The van der Waals surface area contributed by atoms with Gasteiger partial charge in [0, 0.05) is 43.0 Å². The van der Waals surface area contributed by atoms with E-state index < -0.39 is 0 Å². The largest absolute Gasteiger partial charge is 0.493 e. The molecule has 3 N–H and O–H groups in total. The highest BCUT2D eigenvalue weighted by Crippen LogP contribution is 2.33. The summed E-state index contributed by atoms with van der Waals surface area (Å²) in [6.07, 6.45) is 2.85. The summed E-state index contributed by atoms with van der Waals surface area (Å²) in [6, 6.07) is 12.1. The standard InChI is InChI=1S/C27H39N5O3/c1-18(30-27(33)29-2)15-20-16-24(34-5)25(35-6)17-23(20)26(28)19-7-9-21(10-8-19)32(4)22-11-13-31(3)14-12-22/h7-10,16-18,22,28H,11-15H2,1-6H3,(H2,29,30,33). The minimum Gasteiger partial charge on any atom is -0.493 e. The SMILES string of the molecule is CNC(=O)NC(C)Cc1cc(OC)c(OC)cc1C(=N)c1ccc(N(C)C2CCN(C)CC2)cc1. The van der Waals surface area contributed by atoms with Gasteiger partial charge in [-0.3, -0.25) is 5.41 Å². The van der Waals surface area contributed by atoms with Gasteiger partial charge in [0.05, 0.1) is 19.9 Å². The first kappa shape index (κ1) is 26.3. The number of urea groups is 1. The molecule has 8 heteroatoms. The second kappa shape index (κ2) is 11.9. The topological polar surface area (TPSA) is 89.9 Å². The number of piperidine rings is 1. The molecule has 8 nitrogen and oxygen atoms in total. The molecule has 2 amide bonds. The Kier molecular flexibility index (Phi) is 8.98. The van der Waals surface area contributed by atoms with Crippen LogP contribution < -0.4 is 25.0 Å². The summed E-state index contributed by atoms with van der Waals surface area (Å²) in [5, 5.41) is 14.5. The summed E-state index contributed by atoms with van der Waals surface area (Å²) in [5.41, 5.74) is 4.05. The van der Waals surface area contributed by atoms with E-state index in [1.54, 1.807) is 21.3 Å². The summed E-state index contributed by atoms with van der Waals surface area (Å²) in [7, 11) is 9.11. The molecule has 1 atom stereocenters. The summed E-state index contributed by atoms with van der Waals surface area (Å²) in [5.74, 6) is 1.17. The quantitative estimate of drug-likeness (QED) is 0.477. The molecule has 0 spiro atoms. The van der Waals surface area contributed by atoms with E-state index in [0.717, 1.165) is 48.3 Å². The second-order valence-electron chi connectivity index (χ2n) is 9.26. The van der Waals surface area contributed by atoms with Crippen LogP contribution in [0.25, 0.3) is 0 Å². The molecule has 1 saturated heterocycles. The van der Waals surface area contributed by atoms with Crippen molar-refractivity contribution in [2.24, 2.45) is 0 Å². The Bertz CT molecular complexity index is 1020. The van der Waals surface area contributed by atoms with Gasteiger partial charge in [-0.15, -0.1) is 0 Å². The molecule has 2 aromatic carbocycles. The lowest BCUT2D eigenvalue weighted by molar-refractivity contribution is 0.240. The fraction of sp³-hybridized carbons (Fsp3) is 0.481. The fourth-order valence-corrected chi connectivity index (χ4v) is 4.61. The van der Waals surface area contributed by atoms with Gasteiger partial charge in [-0.1, -0.05) is 12.1 Å². The number of carbonyl (C=O) groups excluding carboxylic acids is 1. The molecule has 0 aliphatic carbocycles. The van der Waals surface area contributed by atoms with Gasteiger partial charge < -0.3 is 29.9 Å². The molecule has 1 heterocycles. The van der Waals surface area contributed by atoms with Crippen molar-refractivity contribution < 1.29 is 14.3 Å². The Morgan fingerprint density at radius 3 is 2.31 bits per heavy atom. The third-order valence-electron chi connectivity index (χ3n) is 6.81. The van der Waals surface area contributed by atoms with Crippen molar-refractivity contribution in [3.8, 4) is 11.5 Å². The van der Waals surface area contributed by atoms with Crippen molar-refractivity contribution in [1.29, 1.82) is 5.41 Å². The monoisotopic (exact) mass is 481 g/mol. The molecule has 1 unspecified atom stereocenters. The van der Waals surface area contributed by atoms with Gasteiger partial charge in [0.25, 0.3) is 0 Å². The number of likely N-dealkylation sites (tertiary alicyclic amines) is 1. The number of hydrogen-bond donors (Lipinski definition) is 3. The second-order valence-corrected chi connectivity index (χ2v) is 9.26. The van der Waals surface area contributed by atoms with Crippen LogP contribution >= 0.6 is 0 Å². The van der Waals surface area contributed by atoms with E-state index in [4.69, 9.17) is 14.9 Å². The normalized spacial score (nSPS) is 15.3. The number of anilines is 1. The molecule has 190 valence electrons. The van der Waals surface area contributed by atoms with E-state index >= 15 is 0 Å². The number of nitrogens with one attached hydrogen (secondary N) is 3. The average Bonchev–Trinajstić information content (AvgIpc) is 2.87. The lowest BCUT2D eigenvalue weighted by atomic mass is 9.93. The van der Waals surface area contributed by atoms with Crippen LogP contribution in [-0.2, 0) is 6.42 Å². The number of carbonyl (C=O) groups is 1. The van der Waals surface area contributed by atoms with Crippen LogP contribution in [0.15, 0.2) is 36.4 Å². The van der Waals surface area contributed by atoms with Crippen LogP contribution in [0.4, 0.5) is 10.5 Å². The van der Waals surface area contributed by atoms with Crippen LogP contribution in [0, 0.1) is 5.41 Å². The highest BCUT2D eigenvalue weighted by Gasteiger charge is 2.22. The highest BCUT2D eigenvalue weighted by atomic mass is 16.5. The summed E-state index contributed by atoms with van der Waals surface area (Å²) in [6.45, 7) is 4.17. The molecule has 1 fully saturated rings. The molecule has 0 saturated carbocycles. The van der Waals surface area contributed by atoms with E-state index in [0.29, 0.717) is 29.7 Å². The van der Waals surface area contributed by atoms with Gasteiger partial charge in [0.15, 0.2) is 11.5 Å². The van der Waals surface area contributed by atoms with Crippen LogP contribution in [-0.4, -0.2) is 77.2 Å². The number of ether oxygens (including phenoxy) is 2. The lowest BCUT2D eigenvalue weighted by Crippen LogP contribution is -2.41. The van der Waals surface area contributed by atoms with Crippen molar-refractivity contribution >= 4 is 17.4 Å². The molecular weight excluding hydrogens is 442 g/mol. The third-order valence-corrected chi connectivity index (χ3v) is 6.81. The first-order valence-electron chi connectivity index (χ1n) is 12.1. The third kappa shape index (κ3) is 6.45. The number of methoxy groups -OCH3 is 2. The van der Waals surface area contributed by atoms with Crippen molar-refractivity contribution in [3.05, 3.63) is 53.1 Å². The minimum atomic E-state index is -0.237. The van der Waals surface area contributed by atoms with E-state index in [1.807, 2.05) is 31.2 Å². The van der Waals surface area contributed by atoms with Crippen LogP contribution in [0.2, 0.25) is 0 Å². The molecule has 0 radical (unpaired) electrons. The predicted molar refractivity (Wildman–Crippen MR) is 142 cm³/mol. The van der Waals surface area contributed by atoms with Gasteiger partial charge >= 0.3 is 6.03 Å². The molecular formula is C27H39N5O3. The first-order chi connectivity index (χ1) is 16.8. The van der Waals surface area contributed by atoms with Crippen LogP contribution in [0.3, 0.4) is 0 Å². The molecule has 35 heavy (non-hydrogen) atoms. The lowest BCUT2D eigenvalue weighted by Gasteiger charge is -2.36. The van der Waals surface area contributed by atoms with Crippen molar-refractivity contribution in [3.63, 3.8) is 0 Å². The van der Waals surface area contributed by atoms with E-state index in [9.17, 15) is 4.79 Å². The number of rotatable bonds is 9. The maximum Gasteiger partial charge on any atom is 0.314 e. The predicted octanol–water partition coefficient (Wildman–Crippen LogP) is 3.51. The maximum atomic E-state index is 11.8. The molecule has 2 aromatic rings. The van der Waals surface area contributed by atoms with Gasteiger partial charge in [-0.25, -0.2) is 4.79 Å². The van der Waals surface area contributed by atoms with Gasteiger partial charge in [0.2, 0.25) is 0 Å². The molecule has 1 aliphatic rings. The van der Waals surface area contributed by atoms with E-state index in [-0.39, 0.29) is 12.1 Å². The molecule has 0 bridgehead atoms. The van der Waals surface area contributed by atoms with E-state index in [1.165, 1.54) is 0 Å². The maximum absolute atomic E-state index is 11.8. The van der Waals surface area contributed by atoms with Gasteiger partial charge in [-0.2, -0.15) is 0 Å². The Labute approximate surface area is 209 Å². The molecule has 3 rings (SSSR count). The number of amides is 2. The summed E-state index contributed by atoms with van der Waals surface area (Å²) < 4.78 is 11.0. The smallest absolute Gasteiger partial charge is 0.314 e.